The normalized spacial score (nSPS) is 12.1. The summed E-state index contributed by atoms with van der Waals surface area (Å²) < 4.78 is 9.54. The maximum absolute atomic E-state index is 12.3. The third-order valence-electron chi connectivity index (χ3n) is 4.81. The molecule has 0 aliphatic heterocycles. The number of esters is 2. The molecule has 3 N–H and O–H groups in total. The number of methoxy groups -OCH3 is 2. The van der Waals surface area contributed by atoms with Crippen molar-refractivity contribution < 1.29 is 28.7 Å². The van der Waals surface area contributed by atoms with E-state index in [-0.39, 0.29) is 25.8 Å². The van der Waals surface area contributed by atoms with Crippen LogP contribution in [0.25, 0.3) is 0 Å². The van der Waals surface area contributed by atoms with Gasteiger partial charge in [0.25, 0.3) is 0 Å². The molecule has 0 saturated carbocycles. The lowest BCUT2D eigenvalue weighted by Crippen LogP contribution is -2.48. The molecule has 0 radical (unpaired) electrons. The number of nitrogens with one attached hydrogen (secondary N) is 3. The summed E-state index contributed by atoms with van der Waals surface area (Å²) in [5.74, 6) is -1.55. The van der Waals surface area contributed by atoms with Crippen LogP contribution >= 0.6 is 0 Å². The van der Waals surface area contributed by atoms with Crippen LogP contribution in [0.15, 0.2) is 60.7 Å². The molecule has 2 rings (SSSR count). The largest absolute Gasteiger partial charge is 0.467 e. The monoisotopic (exact) mass is 455 g/mol. The molecule has 33 heavy (non-hydrogen) atoms. The van der Waals surface area contributed by atoms with E-state index in [1.54, 1.807) is 0 Å². The summed E-state index contributed by atoms with van der Waals surface area (Å²) in [5.41, 5.74) is 1.73. The highest BCUT2D eigenvalue weighted by molar-refractivity contribution is 5.86. The first-order valence-corrected chi connectivity index (χ1v) is 10.5. The first-order valence-electron chi connectivity index (χ1n) is 10.5. The van der Waals surface area contributed by atoms with Gasteiger partial charge in [-0.3, -0.25) is 4.79 Å². The van der Waals surface area contributed by atoms with Gasteiger partial charge in [0.2, 0.25) is 5.91 Å². The molecule has 0 aliphatic carbocycles. The van der Waals surface area contributed by atoms with Gasteiger partial charge >= 0.3 is 18.0 Å². The molecule has 0 aromatic heterocycles. The SMILES string of the molecule is COC(=O)C(Cc1ccccc1)NC(=O)CCNC(=O)NC(Cc1ccccc1)C(=O)OC. The van der Waals surface area contributed by atoms with Gasteiger partial charge in [0.05, 0.1) is 14.2 Å². The Morgan fingerprint density at radius 2 is 1.18 bits per heavy atom. The molecule has 2 aromatic rings. The van der Waals surface area contributed by atoms with Crippen molar-refractivity contribution in [3.63, 3.8) is 0 Å². The summed E-state index contributed by atoms with van der Waals surface area (Å²) in [4.78, 5) is 48.6. The zero-order valence-electron chi connectivity index (χ0n) is 18.7. The maximum atomic E-state index is 12.3. The third-order valence-corrected chi connectivity index (χ3v) is 4.81. The fraction of sp³-hybridized carbons (Fsp3) is 0.333. The van der Waals surface area contributed by atoms with Crippen LogP contribution in [0.5, 0.6) is 0 Å². The summed E-state index contributed by atoms with van der Waals surface area (Å²) in [6, 6.07) is 16.1. The molecule has 0 heterocycles. The third kappa shape index (κ3) is 9.02. The van der Waals surface area contributed by atoms with E-state index in [0.717, 1.165) is 11.1 Å². The summed E-state index contributed by atoms with van der Waals surface area (Å²) in [7, 11) is 2.50. The summed E-state index contributed by atoms with van der Waals surface area (Å²) in [5, 5.41) is 7.73. The summed E-state index contributed by atoms with van der Waals surface area (Å²) >= 11 is 0. The van der Waals surface area contributed by atoms with Crippen molar-refractivity contribution >= 4 is 23.9 Å². The lowest BCUT2D eigenvalue weighted by Gasteiger charge is -2.18. The molecule has 3 amide bonds. The lowest BCUT2D eigenvalue weighted by atomic mass is 10.1. The molecule has 2 atom stereocenters. The Labute approximate surface area is 192 Å². The number of benzene rings is 2. The number of rotatable bonds is 11. The standard InChI is InChI=1S/C24H29N3O6/c1-32-22(29)19(15-17-9-5-3-6-10-17)26-21(28)13-14-25-24(31)27-20(23(30)33-2)16-18-11-7-4-8-12-18/h3-12,19-20H,13-16H2,1-2H3,(H,26,28)(H2,25,27,31). The predicted octanol–water partition coefficient (Wildman–Crippen LogP) is 1.36. The Balaban J connectivity index is 1.82. The molecular formula is C24H29N3O6. The maximum Gasteiger partial charge on any atom is 0.328 e. The second kappa shape index (κ2) is 13.5. The van der Waals surface area contributed by atoms with E-state index in [4.69, 9.17) is 9.47 Å². The number of hydrogen-bond acceptors (Lipinski definition) is 6. The zero-order valence-corrected chi connectivity index (χ0v) is 18.7. The second-order valence-electron chi connectivity index (χ2n) is 7.25. The Morgan fingerprint density at radius 1 is 0.727 bits per heavy atom. The van der Waals surface area contributed by atoms with E-state index in [0.29, 0.717) is 0 Å². The van der Waals surface area contributed by atoms with Crippen molar-refractivity contribution in [2.45, 2.75) is 31.3 Å². The molecule has 176 valence electrons. The minimum atomic E-state index is -0.874. The number of carbonyl (C=O) groups excluding carboxylic acids is 4. The minimum Gasteiger partial charge on any atom is -0.467 e. The van der Waals surface area contributed by atoms with Gasteiger partial charge in [-0.1, -0.05) is 60.7 Å². The number of amides is 3. The van der Waals surface area contributed by atoms with Crippen LogP contribution in [0.1, 0.15) is 17.5 Å². The summed E-state index contributed by atoms with van der Waals surface area (Å²) in [6.07, 6.45) is 0.493. The topological polar surface area (TPSA) is 123 Å². The molecule has 9 nitrogen and oxygen atoms in total. The van der Waals surface area contributed by atoms with Gasteiger partial charge in [-0.2, -0.15) is 0 Å². The van der Waals surface area contributed by atoms with Crippen molar-refractivity contribution in [3.05, 3.63) is 71.8 Å². The fourth-order valence-electron chi connectivity index (χ4n) is 3.14. The molecular weight excluding hydrogens is 426 g/mol. The van der Waals surface area contributed by atoms with Crippen molar-refractivity contribution in [1.29, 1.82) is 0 Å². The quantitative estimate of drug-likeness (QED) is 0.440. The van der Waals surface area contributed by atoms with Crippen LogP contribution in [0.4, 0.5) is 4.79 Å². The average Bonchev–Trinajstić information content (AvgIpc) is 2.83. The molecule has 0 aliphatic rings. The van der Waals surface area contributed by atoms with Gasteiger partial charge < -0.3 is 25.4 Å². The Morgan fingerprint density at radius 3 is 1.64 bits per heavy atom. The van der Waals surface area contributed by atoms with Gasteiger partial charge in [-0.25, -0.2) is 14.4 Å². The van der Waals surface area contributed by atoms with Crippen molar-refractivity contribution in [2.24, 2.45) is 0 Å². The van der Waals surface area contributed by atoms with Crippen molar-refractivity contribution in [1.82, 2.24) is 16.0 Å². The lowest BCUT2D eigenvalue weighted by molar-refractivity contribution is -0.145. The second-order valence-corrected chi connectivity index (χ2v) is 7.25. The fourth-order valence-corrected chi connectivity index (χ4v) is 3.14. The molecule has 9 heteroatoms. The first kappa shape index (κ1) is 25.4. The highest BCUT2D eigenvalue weighted by Gasteiger charge is 2.23. The Hall–Kier alpha value is -3.88. The van der Waals surface area contributed by atoms with Crippen LogP contribution in [-0.4, -0.2) is 56.7 Å². The van der Waals surface area contributed by atoms with Crippen LogP contribution in [-0.2, 0) is 36.7 Å². The van der Waals surface area contributed by atoms with Crippen molar-refractivity contribution in [3.8, 4) is 0 Å². The highest BCUT2D eigenvalue weighted by atomic mass is 16.5. The predicted molar refractivity (Wildman–Crippen MR) is 121 cm³/mol. The van der Waals surface area contributed by atoms with E-state index in [1.807, 2.05) is 60.7 Å². The number of urea groups is 1. The van der Waals surface area contributed by atoms with Crippen LogP contribution in [0.3, 0.4) is 0 Å². The smallest absolute Gasteiger partial charge is 0.328 e. The molecule has 2 unspecified atom stereocenters. The van der Waals surface area contributed by atoms with Crippen LogP contribution in [0.2, 0.25) is 0 Å². The van der Waals surface area contributed by atoms with E-state index < -0.39 is 36.0 Å². The highest BCUT2D eigenvalue weighted by Crippen LogP contribution is 2.06. The van der Waals surface area contributed by atoms with E-state index in [2.05, 4.69) is 16.0 Å². The Kier molecular flexibility index (Phi) is 10.4. The Bertz CT molecular complexity index is 845. The van der Waals surface area contributed by atoms with Gasteiger partial charge in [0.1, 0.15) is 12.1 Å². The molecule has 0 saturated heterocycles. The number of hydrogen-bond donors (Lipinski definition) is 3. The van der Waals surface area contributed by atoms with Crippen LogP contribution in [0, 0.1) is 0 Å². The molecule has 0 bridgehead atoms. The van der Waals surface area contributed by atoms with Gasteiger partial charge in [-0.15, -0.1) is 0 Å². The van der Waals surface area contributed by atoms with E-state index >= 15 is 0 Å². The molecule has 0 spiro atoms. The van der Waals surface area contributed by atoms with Crippen molar-refractivity contribution in [2.75, 3.05) is 20.8 Å². The molecule has 2 aromatic carbocycles. The number of carbonyl (C=O) groups is 4. The van der Waals surface area contributed by atoms with E-state index in [1.165, 1.54) is 14.2 Å². The number of ether oxygens (including phenoxy) is 2. The van der Waals surface area contributed by atoms with Gasteiger partial charge in [0, 0.05) is 25.8 Å². The molecule has 0 fully saturated rings. The summed E-state index contributed by atoms with van der Waals surface area (Å²) in [6.45, 7) is 0.0100. The van der Waals surface area contributed by atoms with E-state index in [9.17, 15) is 19.2 Å². The average molecular weight is 456 g/mol. The minimum absolute atomic E-state index is 0.0100. The first-order chi connectivity index (χ1) is 15.9. The zero-order chi connectivity index (χ0) is 24.1. The van der Waals surface area contributed by atoms with Gasteiger partial charge in [0.15, 0.2) is 0 Å². The van der Waals surface area contributed by atoms with Gasteiger partial charge in [-0.05, 0) is 11.1 Å². The van der Waals surface area contributed by atoms with Crippen LogP contribution < -0.4 is 16.0 Å².